The Bertz CT molecular complexity index is 924. The number of phenols is 1. The minimum Gasteiger partial charge on any atom is -0.507 e. The standard InChI is InChI=1S/C19H19N5O4/c1-28-14-8-6-13(7-9-14)21-17(26)10-15-18(27)23-19(22-15)24-20-11-12-4-2-3-5-16(12)25/h2-9,11,15,25H,10H2,1H3,(H,21,26)(H2,22,23,24,27)/b20-11-/t15-/m1/s1. The SMILES string of the molecule is COc1ccc(NC(=O)C[C@H]2N=C(N/N=C\c3ccccc3O)NC2=O)cc1. The summed E-state index contributed by atoms with van der Waals surface area (Å²) in [5.74, 6) is 0.161. The first-order chi connectivity index (χ1) is 13.5. The molecule has 2 aromatic rings. The fourth-order valence-electron chi connectivity index (χ4n) is 2.46. The highest BCUT2D eigenvalue weighted by atomic mass is 16.5. The van der Waals surface area contributed by atoms with Gasteiger partial charge in [0.15, 0.2) is 0 Å². The number of amides is 2. The second-order valence-electron chi connectivity index (χ2n) is 5.89. The molecule has 1 heterocycles. The van der Waals surface area contributed by atoms with Gasteiger partial charge in [-0.25, -0.2) is 10.4 Å². The molecule has 3 rings (SSSR count). The highest BCUT2D eigenvalue weighted by Gasteiger charge is 2.28. The zero-order valence-corrected chi connectivity index (χ0v) is 15.0. The predicted octanol–water partition coefficient (Wildman–Crippen LogP) is 1.21. The van der Waals surface area contributed by atoms with Crippen molar-refractivity contribution in [2.75, 3.05) is 12.4 Å². The molecule has 1 aliphatic rings. The Morgan fingerprint density at radius 2 is 2.04 bits per heavy atom. The third kappa shape index (κ3) is 4.85. The van der Waals surface area contributed by atoms with Crippen LogP contribution in [0.3, 0.4) is 0 Å². The molecule has 0 spiro atoms. The fraction of sp³-hybridized carbons (Fsp3) is 0.158. The molecule has 2 amide bonds. The van der Waals surface area contributed by atoms with Gasteiger partial charge in [0.1, 0.15) is 17.5 Å². The Balaban J connectivity index is 1.54. The van der Waals surface area contributed by atoms with Crippen LogP contribution in [0.15, 0.2) is 58.6 Å². The fourth-order valence-corrected chi connectivity index (χ4v) is 2.46. The van der Waals surface area contributed by atoms with E-state index in [1.54, 1.807) is 49.6 Å². The van der Waals surface area contributed by atoms with Crippen molar-refractivity contribution in [3.8, 4) is 11.5 Å². The average Bonchev–Trinajstić information content (AvgIpc) is 3.03. The molecule has 4 N–H and O–H groups in total. The van der Waals surface area contributed by atoms with Crippen LogP contribution in [0.25, 0.3) is 0 Å². The molecule has 1 atom stereocenters. The lowest BCUT2D eigenvalue weighted by Gasteiger charge is -2.07. The summed E-state index contributed by atoms with van der Waals surface area (Å²) < 4.78 is 5.06. The maximum Gasteiger partial charge on any atom is 0.252 e. The molecule has 0 saturated heterocycles. The number of nitrogens with one attached hydrogen (secondary N) is 3. The number of guanidine groups is 1. The Morgan fingerprint density at radius 3 is 2.75 bits per heavy atom. The van der Waals surface area contributed by atoms with E-state index >= 15 is 0 Å². The number of aliphatic imine (C=N–C) groups is 1. The van der Waals surface area contributed by atoms with Crippen LogP contribution < -0.4 is 20.8 Å². The van der Waals surface area contributed by atoms with Crippen LogP contribution in [0.4, 0.5) is 5.69 Å². The van der Waals surface area contributed by atoms with Crippen molar-refractivity contribution in [1.29, 1.82) is 0 Å². The van der Waals surface area contributed by atoms with Crippen LogP contribution in [0.1, 0.15) is 12.0 Å². The number of phenolic OH excluding ortho intramolecular Hbond substituents is 1. The van der Waals surface area contributed by atoms with Crippen molar-refractivity contribution < 1.29 is 19.4 Å². The van der Waals surface area contributed by atoms with Crippen LogP contribution in [0.5, 0.6) is 11.5 Å². The number of hydrazone groups is 1. The molecule has 2 aromatic carbocycles. The summed E-state index contributed by atoms with van der Waals surface area (Å²) >= 11 is 0. The number of hydrogen-bond donors (Lipinski definition) is 4. The van der Waals surface area contributed by atoms with Crippen molar-refractivity contribution in [3.63, 3.8) is 0 Å². The molecule has 0 radical (unpaired) electrons. The second-order valence-corrected chi connectivity index (χ2v) is 5.89. The zero-order chi connectivity index (χ0) is 19.9. The minimum atomic E-state index is -0.846. The van der Waals surface area contributed by atoms with Crippen molar-refractivity contribution in [1.82, 2.24) is 10.7 Å². The molecule has 9 nitrogen and oxygen atoms in total. The predicted molar refractivity (Wildman–Crippen MR) is 104 cm³/mol. The van der Waals surface area contributed by atoms with E-state index in [1.807, 2.05) is 0 Å². The van der Waals surface area contributed by atoms with E-state index in [9.17, 15) is 14.7 Å². The van der Waals surface area contributed by atoms with Crippen LogP contribution in [0.2, 0.25) is 0 Å². The lowest BCUT2D eigenvalue weighted by molar-refractivity contribution is -0.123. The normalized spacial score (nSPS) is 15.8. The molecule has 9 heteroatoms. The number of methoxy groups -OCH3 is 1. The minimum absolute atomic E-state index is 0.0820. The van der Waals surface area contributed by atoms with Crippen LogP contribution in [0, 0.1) is 0 Å². The molecular weight excluding hydrogens is 362 g/mol. The van der Waals surface area contributed by atoms with E-state index in [2.05, 4.69) is 26.2 Å². The summed E-state index contributed by atoms with van der Waals surface area (Å²) in [6, 6.07) is 12.7. The largest absolute Gasteiger partial charge is 0.507 e. The molecule has 0 aliphatic carbocycles. The van der Waals surface area contributed by atoms with Gasteiger partial charge in [-0.2, -0.15) is 5.10 Å². The van der Waals surface area contributed by atoms with Crippen molar-refractivity contribution in [2.45, 2.75) is 12.5 Å². The summed E-state index contributed by atoms with van der Waals surface area (Å²) in [5, 5.41) is 18.8. The molecule has 1 aliphatic heterocycles. The zero-order valence-electron chi connectivity index (χ0n) is 15.0. The number of aromatic hydroxyl groups is 1. The van der Waals surface area contributed by atoms with Gasteiger partial charge in [0.2, 0.25) is 11.9 Å². The molecule has 0 aromatic heterocycles. The van der Waals surface area contributed by atoms with Gasteiger partial charge in [0.25, 0.3) is 5.91 Å². The number of nitrogens with zero attached hydrogens (tertiary/aromatic N) is 2. The number of para-hydroxylation sites is 1. The molecule has 0 saturated carbocycles. The second kappa shape index (κ2) is 8.67. The highest BCUT2D eigenvalue weighted by Crippen LogP contribution is 2.16. The average molecular weight is 381 g/mol. The maximum absolute atomic E-state index is 12.1. The number of carbonyl (C=O) groups excluding carboxylic acids is 2. The van der Waals surface area contributed by atoms with Gasteiger partial charge >= 0.3 is 0 Å². The molecule has 144 valence electrons. The lowest BCUT2D eigenvalue weighted by atomic mass is 10.2. The monoisotopic (exact) mass is 381 g/mol. The third-order valence-corrected chi connectivity index (χ3v) is 3.89. The molecule has 0 bridgehead atoms. The topological polar surface area (TPSA) is 124 Å². The quantitative estimate of drug-likeness (QED) is 0.442. The van der Waals surface area contributed by atoms with Crippen LogP contribution >= 0.6 is 0 Å². The number of carbonyl (C=O) groups is 2. The first-order valence-corrected chi connectivity index (χ1v) is 8.45. The summed E-state index contributed by atoms with van der Waals surface area (Å²) in [5.41, 5.74) is 3.69. The van der Waals surface area contributed by atoms with E-state index in [1.165, 1.54) is 12.3 Å². The van der Waals surface area contributed by atoms with Crippen LogP contribution in [-0.2, 0) is 9.59 Å². The van der Waals surface area contributed by atoms with E-state index < -0.39 is 11.9 Å². The molecular formula is C19H19N5O4. The highest BCUT2D eigenvalue weighted by molar-refractivity contribution is 6.07. The lowest BCUT2D eigenvalue weighted by Crippen LogP contribution is -2.35. The first kappa shape index (κ1) is 18.9. The third-order valence-electron chi connectivity index (χ3n) is 3.89. The van der Waals surface area contributed by atoms with Gasteiger partial charge in [-0.05, 0) is 36.4 Å². The summed E-state index contributed by atoms with van der Waals surface area (Å²) in [6.07, 6.45) is 1.29. The van der Waals surface area contributed by atoms with Gasteiger partial charge < -0.3 is 15.2 Å². The smallest absolute Gasteiger partial charge is 0.252 e. The maximum atomic E-state index is 12.1. The van der Waals surface area contributed by atoms with E-state index in [4.69, 9.17) is 4.74 Å². The summed E-state index contributed by atoms with van der Waals surface area (Å²) in [6.45, 7) is 0. The number of rotatable bonds is 6. The van der Waals surface area contributed by atoms with Gasteiger partial charge in [-0.3, -0.25) is 14.9 Å². The number of benzene rings is 2. The van der Waals surface area contributed by atoms with E-state index in [-0.39, 0.29) is 24.0 Å². The Morgan fingerprint density at radius 1 is 1.29 bits per heavy atom. The van der Waals surface area contributed by atoms with Gasteiger partial charge in [0, 0.05) is 11.3 Å². The van der Waals surface area contributed by atoms with Gasteiger partial charge in [-0.1, -0.05) is 12.1 Å². The number of hydrogen-bond acceptors (Lipinski definition) is 7. The molecule has 0 unspecified atom stereocenters. The van der Waals surface area contributed by atoms with Gasteiger partial charge in [0.05, 0.1) is 19.7 Å². The van der Waals surface area contributed by atoms with Crippen molar-refractivity contribution >= 4 is 29.7 Å². The van der Waals surface area contributed by atoms with Crippen molar-refractivity contribution in [2.24, 2.45) is 10.1 Å². The Hall–Kier alpha value is -3.88. The Kier molecular flexibility index (Phi) is 5.85. The Labute approximate surface area is 161 Å². The first-order valence-electron chi connectivity index (χ1n) is 8.45. The van der Waals surface area contributed by atoms with E-state index in [0.717, 1.165) is 0 Å². The van der Waals surface area contributed by atoms with E-state index in [0.29, 0.717) is 17.0 Å². The summed E-state index contributed by atoms with van der Waals surface area (Å²) in [7, 11) is 1.56. The van der Waals surface area contributed by atoms with Crippen LogP contribution in [-0.4, -0.2) is 42.2 Å². The molecule has 28 heavy (non-hydrogen) atoms. The summed E-state index contributed by atoms with van der Waals surface area (Å²) in [4.78, 5) is 28.3. The number of ether oxygens (including phenoxy) is 1. The number of anilines is 1. The molecule has 0 fully saturated rings. The van der Waals surface area contributed by atoms with Gasteiger partial charge in [-0.15, -0.1) is 0 Å². The van der Waals surface area contributed by atoms with Crippen molar-refractivity contribution in [3.05, 3.63) is 54.1 Å².